The number of fused-ring (bicyclic) bond motifs is 1. The quantitative estimate of drug-likeness (QED) is 0.927. The van der Waals surface area contributed by atoms with E-state index in [9.17, 15) is 0 Å². The Bertz CT molecular complexity index is 628. The summed E-state index contributed by atoms with van der Waals surface area (Å²) in [5, 5.41) is 3.29. The summed E-state index contributed by atoms with van der Waals surface area (Å²) in [6, 6.07) is 3.73. The first kappa shape index (κ1) is 13.8. The number of nitrogens with zero attached hydrogens (tertiary/aromatic N) is 3. The Labute approximate surface area is 123 Å². The van der Waals surface area contributed by atoms with Crippen molar-refractivity contribution in [3.05, 3.63) is 29.6 Å². The van der Waals surface area contributed by atoms with E-state index in [-0.39, 0.29) is 0 Å². The summed E-state index contributed by atoms with van der Waals surface area (Å²) in [5.41, 5.74) is 3.00. The van der Waals surface area contributed by atoms with E-state index in [2.05, 4.69) is 20.3 Å². The van der Waals surface area contributed by atoms with Gasteiger partial charge in [-0.25, -0.2) is 15.0 Å². The molecule has 3 heterocycles. The van der Waals surface area contributed by atoms with Crippen LogP contribution in [0, 0.1) is 0 Å². The van der Waals surface area contributed by atoms with Gasteiger partial charge in [-0.3, -0.25) is 0 Å². The predicted molar refractivity (Wildman–Crippen MR) is 79.3 cm³/mol. The van der Waals surface area contributed by atoms with Gasteiger partial charge in [0.15, 0.2) is 5.82 Å². The van der Waals surface area contributed by atoms with Gasteiger partial charge in [-0.2, -0.15) is 0 Å². The van der Waals surface area contributed by atoms with Crippen LogP contribution in [0.15, 0.2) is 18.3 Å². The van der Waals surface area contributed by atoms with Gasteiger partial charge in [-0.05, 0) is 13.0 Å². The van der Waals surface area contributed by atoms with Gasteiger partial charge in [0.1, 0.15) is 5.82 Å². The van der Waals surface area contributed by atoms with Crippen LogP contribution >= 0.6 is 0 Å². The van der Waals surface area contributed by atoms with Crippen molar-refractivity contribution in [1.29, 1.82) is 0 Å². The molecule has 3 rings (SSSR count). The number of rotatable bonds is 4. The molecule has 6 heteroatoms. The Balaban J connectivity index is 2.03. The van der Waals surface area contributed by atoms with Crippen molar-refractivity contribution < 1.29 is 9.47 Å². The Hall–Kier alpha value is -2.21. The molecular formula is C15H18N4O2. The fraction of sp³-hybridized carbons (Fsp3) is 0.400. The Kier molecular flexibility index (Phi) is 3.96. The predicted octanol–water partition coefficient (Wildman–Crippen LogP) is 2.05. The summed E-state index contributed by atoms with van der Waals surface area (Å²) in [6.07, 6.45) is 2.54. The van der Waals surface area contributed by atoms with Crippen molar-refractivity contribution in [1.82, 2.24) is 15.0 Å². The van der Waals surface area contributed by atoms with E-state index in [1.165, 1.54) is 0 Å². The highest BCUT2D eigenvalue weighted by Gasteiger charge is 2.18. The van der Waals surface area contributed by atoms with Crippen LogP contribution in [0.4, 0.5) is 5.82 Å². The van der Waals surface area contributed by atoms with Crippen molar-refractivity contribution in [3.63, 3.8) is 0 Å². The highest BCUT2D eigenvalue weighted by molar-refractivity contribution is 5.59. The minimum Gasteiger partial charge on any atom is -0.481 e. The first-order chi connectivity index (χ1) is 10.3. The van der Waals surface area contributed by atoms with Crippen LogP contribution < -0.4 is 10.1 Å². The van der Waals surface area contributed by atoms with E-state index in [4.69, 9.17) is 9.47 Å². The number of aromatic nitrogens is 3. The first-order valence-electron chi connectivity index (χ1n) is 7.03. The van der Waals surface area contributed by atoms with Gasteiger partial charge in [0.2, 0.25) is 5.88 Å². The van der Waals surface area contributed by atoms with Crippen LogP contribution in [0.2, 0.25) is 0 Å². The van der Waals surface area contributed by atoms with Crippen LogP contribution in [0.25, 0.3) is 11.4 Å². The number of ether oxygens (including phenoxy) is 2. The molecule has 0 radical (unpaired) electrons. The van der Waals surface area contributed by atoms with Crippen molar-refractivity contribution in [2.75, 3.05) is 25.6 Å². The molecule has 110 valence electrons. The third-order valence-electron chi connectivity index (χ3n) is 3.37. The Morgan fingerprint density at radius 1 is 1.33 bits per heavy atom. The summed E-state index contributed by atoms with van der Waals surface area (Å²) in [6.45, 7) is 4.13. The summed E-state index contributed by atoms with van der Waals surface area (Å²) in [7, 11) is 1.60. The minimum absolute atomic E-state index is 0.568. The lowest BCUT2D eigenvalue weighted by Gasteiger charge is -2.19. The summed E-state index contributed by atoms with van der Waals surface area (Å²) in [5.74, 6) is 2.12. The number of nitrogens with one attached hydrogen (secondary N) is 1. The monoisotopic (exact) mass is 286 g/mol. The van der Waals surface area contributed by atoms with Crippen LogP contribution in [-0.2, 0) is 17.8 Å². The molecule has 2 aromatic heterocycles. The molecule has 0 amide bonds. The molecule has 0 saturated heterocycles. The van der Waals surface area contributed by atoms with Gasteiger partial charge in [-0.1, -0.05) is 0 Å². The maximum atomic E-state index is 5.51. The van der Waals surface area contributed by atoms with E-state index in [0.717, 1.165) is 35.6 Å². The Morgan fingerprint density at radius 2 is 2.24 bits per heavy atom. The average Bonchev–Trinajstić information content (AvgIpc) is 2.55. The van der Waals surface area contributed by atoms with Gasteiger partial charge < -0.3 is 14.8 Å². The highest BCUT2D eigenvalue weighted by Crippen LogP contribution is 2.26. The summed E-state index contributed by atoms with van der Waals surface area (Å²) >= 11 is 0. The minimum atomic E-state index is 0.568. The van der Waals surface area contributed by atoms with E-state index in [1.807, 2.05) is 19.1 Å². The molecule has 0 bridgehead atoms. The van der Waals surface area contributed by atoms with Crippen molar-refractivity contribution in [3.8, 4) is 17.3 Å². The zero-order valence-electron chi connectivity index (χ0n) is 12.2. The third kappa shape index (κ3) is 2.80. The lowest BCUT2D eigenvalue weighted by Crippen LogP contribution is -2.17. The van der Waals surface area contributed by atoms with Crippen molar-refractivity contribution >= 4 is 5.82 Å². The number of hydrogen-bond acceptors (Lipinski definition) is 6. The van der Waals surface area contributed by atoms with E-state index >= 15 is 0 Å². The maximum Gasteiger partial charge on any atom is 0.212 e. The molecule has 1 aliphatic rings. The van der Waals surface area contributed by atoms with Crippen LogP contribution in [0.5, 0.6) is 5.88 Å². The molecule has 0 aromatic carbocycles. The van der Waals surface area contributed by atoms with Crippen molar-refractivity contribution in [2.24, 2.45) is 0 Å². The van der Waals surface area contributed by atoms with E-state index in [0.29, 0.717) is 24.9 Å². The topological polar surface area (TPSA) is 69.2 Å². The molecule has 0 unspecified atom stereocenters. The zero-order chi connectivity index (χ0) is 14.7. The zero-order valence-corrected chi connectivity index (χ0v) is 12.2. The smallest absolute Gasteiger partial charge is 0.212 e. The second kappa shape index (κ2) is 6.05. The van der Waals surface area contributed by atoms with Gasteiger partial charge in [0, 0.05) is 36.4 Å². The largest absolute Gasteiger partial charge is 0.481 e. The van der Waals surface area contributed by atoms with Crippen LogP contribution in [0.3, 0.4) is 0 Å². The first-order valence-corrected chi connectivity index (χ1v) is 7.03. The van der Waals surface area contributed by atoms with Crippen LogP contribution in [0.1, 0.15) is 18.2 Å². The Morgan fingerprint density at radius 3 is 2.95 bits per heavy atom. The van der Waals surface area contributed by atoms with Gasteiger partial charge in [0.25, 0.3) is 0 Å². The lowest BCUT2D eigenvalue weighted by molar-refractivity contribution is 0.109. The second-order valence-electron chi connectivity index (χ2n) is 4.74. The molecule has 0 fully saturated rings. The number of methoxy groups -OCH3 is 1. The molecule has 0 spiro atoms. The molecule has 0 saturated carbocycles. The highest BCUT2D eigenvalue weighted by atomic mass is 16.5. The summed E-state index contributed by atoms with van der Waals surface area (Å²) < 4.78 is 10.6. The molecule has 21 heavy (non-hydrogen) atoms. The molecule has 2 aromatic rings. The maximum absolute atomic E-state index is 5.51. The molecular weight excluding hydrogens is 268 g/mol. The molecule has 1 N–H and O–H groups in total. The van der Waals surface area contributed by atoms with Gasteiger partial charge in [0.05, 0.1) is 26.0 Å². The molecule has 1 aliphatic heterocycles. The van der Waals surface area contributed by atoms with Crippen LogP contribution in [-0.4, -0.2) is 35.2 Å². The number of pyridine rings is 1. The third-order valence-corrected chi connectivity index (χ3v) is 3.37. The molecule has 0 aliphatic carbocycles. The standard InChI is InChI=1S/C15H18N4O2/c1-3-16-15-11-9-21-7-6-12(11)18-14(19-15)10-4-5-13(20-2)17-8-10/h4-5,8H,3,6-7,9H2,1-2H3,(H,16,18,19). The van der Waals surface area contributed by atoms with Gasteiger partial charge in [-0.15, -0.1) is 0 Å². The lowest BCUT2D eigenvalue weighted by atomic mass is 10.1. The van der Waals surface area contributed by atoms with E-state index < -0.39 is 0 Å². The second-order valence-corrected chi connectivity index (χ2v) is 4.74. The SMILES string of the molecule is CCNc1nc(-c2ccc(OC)nc2)nc2c1COCC2. The fourth-order valence-electron chi connectivity index (χ4n) is 2.31. The number of hydrogen-bond donors (Lipinski definition) is 1. The fourth-order valence-corrected chi connectivity index (χ4v) is 2.31. The van der Waals surface area contributed by atoms with Crippen molar-refractivity contribution in [2.45, 2.75) is 20.0 Å². The molecule has 6 nitrogen and oxygen atoms in total. The summed E-state index contributed by atoms with van der Waals surface area (Å²) in [4.78, 5) is 13.5. The normalized spacial score (nSPS) is 13.6. The number of anilines is 1. The van der Waals surface area contributed by atoms with E-state index in [1.54, 1.807) is 13.3 Å². The molecule has 0 atom stereocenters. The van der Waals surface area contributed by atoms with Gasteiger partial charge >= 0.3 is 0 Å². The average molecular weight is 286 g/mol.